The first kappa shape index (κ1) is 16.1. The summed E-state index contributed by atoms with van der Waals surface area (Å²) in [6.45, 7) is 0. The maximum atomic E-state index is 9.26. The minimum atomic E-state index is -0.494. The second-order valence-corrected chi connectivity index (χ2v) is 10.9. The number of rotatable bonds is 2. The molecule has 0 unspecified atom stereocenters. The highest BCUT2D eigenvalue weighted by atomic mass is 16.5. The number of fused-ring (bicyclic) bond motifs is 3. The van der Waals surface area contributed by atoms with Crippen LogP contribution in [0, 0.1) is 0 Å². The van der Waals surface area contributed by atoms with Crippen molar-refractivity contribution < 1.29 is 17.1 Å². The molecule has 1 nitrogen and oxygen atoms in total. The van der Waals surface area contributed by atoms with Gasteiger partial charge in [0.25, 0.3) is 0 Å². The third-order valence-electron chi connectivity index (χ3n) is 8.67. The summed E-state index contributed by atoms with van der Waals surface area (Å²) < 4.78 is 86.5. The van der Waals surface area contributed by atoms with Crippen molar-refractivity contribution >= 4 is 53.9 Å². The number of hydrogen-bond donors (Lipinski definition) is 0. The third-order valence-corrected chi connectivity index (χ3v) is 8.67. The molecule has 1 heteroatoms. The van der Waals surface area contributed by atoms with Crippen LogP contribution in [0.5, 0.6) is 11.5 Å². The van der Waals surface area contributed by atoms with Crippen molar-refractivity contribution in [1.29, 1.82) is 0 Å². The highest BCUT2D eigenvalue weighted by Gasteiger charge is 2.23. The Bertz CT molecular complexity index is 3070. The van der Waals surface area contributed by atoms with Crippen molar-refractivity contribution in [1.82, 2.24) is 0 Å². The fourth-order valence-corrected chi connectivity index (χ4v) is 6.76. The van der Waals surface area contributed by atoms with Crippen LogP contribution in [0.15, 0.2) is 145 Å². The SMILES string of the molecule is [2H]c1c([2H])c2c([2H])c([2H])c3c([2H])c([2H])c(-c4ccc5c(c4)-c4cccc6c(-c7cccc8ccccc78)ccc(c46)O5)c4c([2H])c([2H])c(c1[2H])c2c34. The molecule has 1 heterocycles. The van der Waals surface area contributed by atoms with Crippen molar-refractivity contribution in [2.24, 2.45) is 0 Å². The van der Waals surface area contributed by atoms with Crippen LogP contribution in [0.3, 0.4) is 0 Å². The summed E-state index contributed by atoms with van der Waals surface area (Å²) >= 11 is 0. The molecular weight excluding hydrogens is 520 g/mol. The van der Waals surface area contributed by atoms with E-state index in [0.717, 1.165) is 43.8 Å². The Morgan fingerprint density at radius 1 is 0.395 bits per heavy atom. The molecule has 0 spiro atoms. The Labute approximate surface area is 261 Å². The first-order valence-corrected chi connectivity index (χ1v) is 14.1. The fraction of sp³-hybridized carbons (Fsp3) is 0. The lowest BCUT2D eigenvalue weighted by Gasteiger charge is -2.24. The van der Waals surface area contributed by atoms with Gasteiger partial charge in [-0.2, -0.15) is 0 Å². The Hall–Kier alpha value is -5.66. The quantitative estimate of drug-likeness (QED) is 0.193. The largest absolute Gasteiger partial charge is 0.456 e. The lowest BCUT2D eigenvalue weighted by atomic mass is 9.87. The molecule has 9 aromatic rings. The zero-order valence-corrected chi connectivity index (χ0v) is 22.6. The van der Waals surface area contributed by atoms with E-state index in [4.69, 9.17) is 14.3 Å². The predicted octanol–water partition coefficient (Wildman–Crippen LogP) is 12.0. The van der Waals surface area contributed by atoms with Gasteiger partial charge in [0.15, 0.2) is 0 Å². The van der Waals surface area contributed by atoms with Crippen molar-refractivity contribution in [3.63, 3.8) is 0 Å². The molecule has 0 bridgehead atoms. The first-order chi connectivity index (χ1) is 25.1. The van der Waals surface area contributed by atoms with Crippen LogP contribution in [0.4, 0.5) is 0 Å². The summed E-state index contributed by atoms with van der Waals surface area (Å²) in [5.74, 6) is 1.30. The Morgan fingerprint density at radius 2 is 1.09 bits per heavy atom. The first-order valence-electron chi connectivity index (χ1n) is 18.6. The van der Waals surface area contributed by atoms with Gasteiger partial charge in [0, 0.05) is 10.9 Å². The number of benzene rings is 9. The predicted molar refractivity (Wildman–Crippen MR) is 182 cm³/mol. The number of ether oxygens (including phenoxy) is 1. The minimum absolute atomic E-state index is 0.0442. The van der Waals surface area contributed by atoms with E-state index in [1.165, 1.54) is 0 Å². The molecule has 0 atom stereocenters. The summed E-state index contributed by atoms with van der Waals surface area (Å²) in [5.41, 5.74) is 4.51. The van der Waals surface area contributed by atoms with Crippen molar-refractivity contribution in [3.8, 4) is 44.9 Å². The fourth-order valence-electron chi connectivity index (χ4n) is 6.76. The molecule has 0 aliphatic carbocycles. The van der Waals surface area contributed by atoms with E-state index in [1.54, 1.807) is 12.1 Å². The van der Waals surface area contributed by atoms with Crippen LogP contribution in [0.1, 0.15) is 12.3 Å². The van der Waals surface area contributed by atoms with Crippen LogP contribution in [-0.2, 0) is 0 Å². The van der Waals surface area contributed by atoms with Gasteiger partial charge in [-0.3, -0.25) is 0 Å². The Balaban J connectivity index is 1.28. The van der Waals surface area contributed by atoms with Crippen LogP contribution in [0.2, 0.25) is 0 Å². The molecule has 10 rings (SSSR count). The third kappa shape index (κ3) is 3.17. The van der Waals surface area contributed by atoms with E-state index in [0.29, 0.717) is 17.1 Å². The highest BCUT2D eigenvalue weighted by molar-refractivity contribution is 6.25. The Morgan fingerprint density at radius 3 is 2.02 bits per heavy atom. The van der Waals surface area contributed by atoms with E-state index < -0.39 is 30.2 Å². The lowest BCUT2D eigenvalue weighted by Crippen LogP contribution is -1.98. The number of hydrogen-bond acceptors (Lipinski definition) is 1. The normalized spacial score (nSPS) is 15.3. The van der Waals surface area contributed by atoms with Crippen molar-refractivity contribution in [2.75, 3.05) is 0 Å². The molecule has 43 heavy (non-hydrogen) atoms. The monoisotopic (exact) mass is 553 g/mol. The molecule has 1 aliphatic rings. The molecule has 0 saturated heterocycles. The van der Waals surface area contributed by atoms with Gasteiger partial charge in [-0.15, -0.1) is 0 Å². The molecule has 0 fully saturated rings. The zero-order chi connectivity index (χ0) is 35.9. The molecule has 0 aromatic heterocycles. The van der Waals surface area contributed by atoms with Crippen molar-refractivity contribution in [3.05, 3.63) is 145 Å². The standard InChI is InChI=1S/C42H24O/c1-2-10-30-25(6-1)7-4-11-32(30)33-21-23-39-42-34(33)12-5-13-35(42)37-24-29(18-22-38(37)43-39)31-19-16-28-15-14-26-8-3-9-27-17-20-36(31)41(28)40(26)27/h1-24H/i3D,8D,9D,14D,15D,16D,17D,19D,20D. The average molecular weight is 554 g/mol. The molecule has 0 amide bonds. The average Bonchev–Trinajstić information content (AvgIpc) is 3.16. The topological polar surface area (TPSA) is 9.23 Å². The van der Waals surface area contributed by atoms with Gasteiger partial charge < -0.3 is 4.74 Å². The summed E-state index contributed by atoms with van der Waals surface area (Å²) in [5, 5.41) is 4.48. The van der Waals surface area contributed by atoms with Crippen LogP contribution < -0.4 is 4.74 Å². The summed E-state index contributed by atoms with van der Waals surface area (Å²) in [7, 11) is 0. The molecule has 1 aliphatic heterocycles. The van der Waals surface area contributed by atoms with E-state index in [-0.39, 0.29) is 62.1 Å². The molecule has 0 saturated carbocycles. The van der Waals surface area contributed by atoms with E-state index in [2.05, 4.69) is 42.5 Å². The van der Waals surface area contributed by atoms with Gasteiger partial charge in [-0.25, -0.2) is 0 Å². The molecule has 9 aromatic carbocycles. The molecule has 0 radical (unpaired) electrons. The van der Waals surface area contributed by atoms with Crippen LogP contribution >= 0.6 is 0 Å². The van der Waals surface area contributed by atoms with E-state index in [1.807, 2.05) is 36.4 Å². The van der Waals surface area contributed by atoms with Gasteiger partial charge in [0.05, 0.1) is 12.3 Å². The van der Waals surface area contributed by atoms with Gasteiger partial charge in [-0.05, 0) is 94.5 Å². The van der Waals surface area contributed by atoms with Gasteiger partial charge in [0.1, 0.15) is 11.5 Å². The van der Waals surface area contributed by atoms with Gasteiger partial charge in [-0.1, -0.05) is 127 Å². The maximum absolute atomic E-state index is 9.26. The lowest BCUT2D eigenvalue weighted by molar-refractivity contribution is 0.487. The smallest absolute Gasteiger partial charge is 0.135 e. The van der Waals surface area contributed by atoms with Crippen LogP contribution in [-0.4, -0.2) is 0 Å². The van der Waals surface area contributed by atoms with E-state index in [9.17, 15) is 2.74 Å². The highest BCUT2D eigenvalue weighted by Crippen LogP contribution is 2.50. The summed E-state index contributed by atoms with van der Waals surface area (Å²) in [6.07, 6.45) is 0. The van der Waals surface area contributed by atoms with E-state index >= 15 is 0 Å². The zero-order valence-electron chi connectivity index (χ0n) is 31.6. The Kier molecular flexibility index (Phi) is 3.16. The minimum Gasteiger partial charge on any atom is -0.456 e. The van der Waals surface area contributed by atoms with Gasteiger partial charge in [0.2, 0.25) is 0 Å². The second-order valence-electron chi connectivity index (χ2n) is 10.9. The summed E-state index contributed by atoms with van der Waals surface area (Å²) in [6, 6.07) is 26.8. The second kappa shape index (κ2) is 8.44. The molecule has 198 valence electrons. The maximum Gasteiger partial charge on any atom is 0.135 e. The van der Waals surface area contributed by atoms with Crippen molar-refractivity contribution in [2.45, 2.75) is 0 Å². The summed E-state index contributed by atoms with van der Waals surface area (Å²) in [4.78, 5) is 0. The molecular formula is C42H24O. The molecule has 0 N–H and O–H groups in total. The van der Waals surface area contributed by atoms with Crippen LogP contribution in [0.25, 0.3) is 87.2 Å². The van der Waals surface area contributed by atoms with Gasteiger partial charge >= 0.3 is 0 Å².